The van der Waals surface area contributed by atoms with Crippen LogP contribution in [0.4, 0.5) is 17.1 Å². The van der Waals surface area contributed by atoms with Crippen LogP contribution in [-0.2, 0) is 0 Å². The summed E-state index contributed by atoms with van der Waals surface area (Å²) in [5.41, 5.74) is 10.4. The molecule has 0 heterocycles. The second kappa shape index (κ2) is 2.81. The van der Waals surface area contributed by atoms with Crippen LogP contribution in [-0.4, -0.2) is 10.0 Å². The highest BCUT2D eigenvalue weighted by Crippen LogP contribution is 2.38. The predicted octanol–water partition coefficient (Wildman–Crippen LogP) is 0.773. The van der Waals surface area contributed by atoms with E-state index >= 15 is 0 Å². The lowest BCUT2D eigenvalue weighted by molar-refractivity contribution is -0.384. The lowest BCUT2D eigenvalue weighted by atomic mass is 10.1. The van der Waals surface area contributed by atoms with E-state index in [4.69, 9.17) is 11.5 Å². The van der Waals surface area contributed by atoms with E-state index < -0.39 is 16.4 Å². The molecule has 0 atom stereocenters. The Morgan fingerprint density at radius 1 is 1.54 bits per heavy atom. The van der Waals surface area contributed by atoms with Gasteiger partial charge < -0.3 is 16.6 Å². The number of phenols is 1. The maximum atomic E-state index is 10.5. The highest BCUT2D eigenvalue weighted by Gasteiger charge is 2.22. The average Bonchev–Trinajstić information content (AvgIpc) is 2.01. The summed E-state index contributed by atoms with van der Waals surface area (Å²) >= 11 is 0. The maximum absolute atomic E-state index is 10.5. The minimum Gasteiger partial charge on any atom is -0.502 e. The fourth-order valence-electron chi connectivity index (χ4n) is 1.02. The summed E-state index contributed by atoms with van der Waals surface area (Å²) in [4.78, 5) is 9.70. The van der Waals surface area contributed by atoms with Crippen molar-refractivity contribution in [3.8, 4) is 5.75 Å². The summed E-state index contributed by atoms with van der Waals surface area (Å²) in [7, 11) is 0. The molecule has 0 amide bonds. The van der Waals surface area contributed by atoms with Gasteiger partial charge in [-0.1, -0.05) is 0 Å². The number of phenolic OH excluding ortho intramolecular Hbond substituents is 1. The number of aryl methyl sites for hydroxylation is 1. The van der Waals surface area contributed by atoms with Crippen LogP contribution in [0.3, 0.4) is 0 Å². The van der Waals surface area contributed by atoms with E-state index in [-0.39, 0.29) is 11.4 Å². The van der Waals surface area contributed by atoms with Gasteiger partial charge in [0, 0.05) is 5.56 Å². The standard InChI is InChI=1S/C7H9N3O3/c1-3-2-4(8)5(9)6(7(3)11)10(12)13/h2,11H,8-9H2,1H3. The third-order valence-corrected chi connectivity index (χ3v) is 1.72. The van der Waals surface area contributed by atoms with E-state index in [0.29, 0.717) is 5.56 Å². The average molecular weight is 183 g/mol. The number of benzene rings is 1. The van der Waals surface area contributed by atoms with E-state index in [0.717, 1.165) is 0 Å². The van der Waals surface area contributed by atoms with Crippen molar-refractivity contribution in [2.75, 3.05) is 11.5 Å². The second-order valence-corrected chi connectivity index (χ2v) is 2.65. The summed E-state index contributed by atoms with van der Waals surface area (Å²) in [6, 6.07) is 1.39. The number of hydrogen-bond acceptors (Lipinski definition) is 5. The molecular weight excluding hydrogens is 174 g/mol. The molecule has 0 aliphatic carbocycles. The monoisotopic (exact) mass is 183 g/mol. The molecule has 1 rings (SSSR count). The van der Waals surface area contributed by atoms with Crippen molar-refractivity contribution in [1.29, 1.82) is 0 Å². The number of nitro groups is 1. The highest BCUT2D eigenvalue weighted by molar-refractivity contribution is 5.80. The van der Waals surface area contributed by atoms with E-state index in [9.17, 15) is 15.2 Å². The molecule has 0 bridgehead atoms. The molecule has 0 aliphatic heterocycles. The molecule has 0 spiro atoms. The van der Waals surface area contributed by atoms with Gasteiger partial charge in [-0.15, -0.1) is 0 Å². The second-order valence-electron chi connectivity index (χ2n) is 2.65. The molecule has 5 N–H and O–H groups in total. The first-order valence-electron chi connectivity index (χ1n) is 3.47. The first kappa shape index (κ1) is 9.11. The highest BCUT2D eigenvalue weighted by atomic mass is 16.6. The van der Waals surface area contributed by atoms with Crippen LogP contribution in [0.5, 0.6) is 5.75 Å². The Labute approximate surface area is 73.9 Å². The number of nitrogen functional groups attached to an aromatic ring is 2. The molecule has 1 aromatic rings. The molecule has 70 valence electrons. The Morgan fingerprint density at radius 3 is 2.54 bits per heavy atom. The Bertz CT molecular complexity index is 349. The Hall–Kier alpha value is -1.98. The number of nitrogens with zero attached hydrogens (tertiary/aromatic N) is 1. The topological polar surface area (TPSA) is 115 Å². The smallest absolute Gasteiger partial charge is 0.335 e. The molecule has 0 fully saturated rings. The van der Waals surface area contributed by atoms with Gasteiger partial charge >= 0.3 is 5.69 Å². The van der Waals surface area contributed by atoms with Crippen LogP contribution >= 0.6 is 0 Å². The van der Waals surface area contributed by atoms with Gasteiger partial charge in [-0.25, -0.2) is 0 Å². The lowest BCUT2D eigenvalue weighted by Gasteiger charge is -2.05. The fraction of sp³-hybridized carbons (Fsp3) is 0.143. The van der Waals surface area contributed by atoms with Gasteiger partial charge in [0.25, 0.3) is 0 Å². The number of nitrogens with two attached hydrogens (primary N) is 2. The van der Waals surface area contributed by atoms with Crippen molar-refractivity contribution in [2.24, 2.45) is 0 Å². The zero-order chi connectivity index (χ0) is 10.2. The lowest BCUT2D eigenvalue weighted by Crippen LogP contribution is -2.01. The van der Waals surface area contributed by atoms with E-state index in [2.05, 4.69) is 0 Å². The normalized spacial score (nSPS) is 9.92. The van der Waals surface area contributed by atoms with Crippen molar-refractivity contribution >= 4 is 17.1 Å². The number of nitro benzene ring substituents is 1. The molecule has 0 unspecified atom stereocenters. The van der Waals surface area contributed by atoms with E-state index in [1.54, 1.807) is 0 Å². The summed E-state index contributed by atoms with van der Waals surface area (Å²) in [5, 5.41) is 19.8. The van der Waals surface area contributed by atoms with Crippen molar-refractivity contribution in [3.05, 3.63) is 21.7 Å². The summed E-state index contributed by atoms with van der Waals surface area (Å²) < 4.78 is 0. The maximum Gasteiger partial charge on any atom is 0.335 e. The minimum absolute atomic E-state index is 0.0991. The third-order valence-electron chi connectivity index (χ3n) is 1.72. The SMILES string of the molecule is Cc1cc(N)c(N)c([N+](=O)[O-])c1O. The van der Waals surface area contributed by atoms with Gasteiger partial charge in [0.05, 0.1) is 10.6 Å². The molecule has 0 saturated carbocycles. The van der Waals surface area contributed by atoms with Crippen LogP contribution in [0.25, 0.3) is 0 Å². The van der Waals surface area contributed by atoms with Crippen LogP contribution in [0, 0.1) is 17.0 Å². The third kappa shape index (κ3) is 1.33. The van der Waals surface area contributed by atoms with Gasteiger partial charge in [-0.3, -0.25) is 10.1 Å². The van der Waals surface area contributed by atoms with Crippen molar-refractivity contribution in [1.82, 2.24) is 0 Å². The van der Waals surface area contributed by atoms with Crippen LogP contribution in [0.1, 0.15) is 5.56 Å². The Balaban J connectivity index is 3.56. The zero-order valence-electron chi connectivity index (χ0n) is 6.94. The van der Waals surface area contributed by atoms with E-state index in [1.165, 1.54) is 13.0 Å². The van der Waals surface area contributed by atoms with Gasteiger partial charge in [0.2, 0.25) is 0 Å². The Morgan fingerprint density at radius 2 is 2.08 bits per heavy atom. The van der Waals surface area contributed by atoms with Crippen LogP contribution in [0.15, 0.2) is 6.07 Å². The molecule has 6 heteroatoms. The van der Waals surface area contributed by atoms with Crippen molar-refractivity contribution in [2.45, 2.75) is 6.92 Å². The van der Waals surface area contributed by atoms with Crippen LogP contribution < -0.4 is 11.5 Å². The first-order chi connectivity index (χ1) is 5.95. The number of anilines is 2. The molecule has 0 saturated heterocycles. The van der Waals surface area contributed by atoms with Crippen molar-refractivity contribution < 1.29 is 10.0 Å². The number of aromatic hydroxyl groups is 1. The van der Waals surface area contributed by atoms with Gasteiger partial charge in [-0.05, 0) is 13.0 Å². The fourth-order valence-corrected chi connectivity index (χ4v) is 1.02. The number of hydrogen-bond donors (Lipinski definition) is 3. The van der Waals surface area contributed by atoms with Crippen molar-refractivity contribution in [3.63, 3.8) is 0 Å². The molecule has 0 radical (unpaired) electrons. The number of rotatable bonds is 1. The predicted molar refractivity (Wildman–Crippen MR) is 48.3 cm³/mol. The summed E-state index contributed by atoms with van der Waals surface area (Å²) in [6.07, 6.45) is 0. The first-order valence-corrected chi connectivity index (χ1v) is 3.47. The molecule has 0 aromatic heterocycles. The summed E-state index contributed by atoms with van der Waals surface area (Å²) in [5.74, 6) is -0.434. The quantitative estimate of drug-likeness (QED) is 0.257. The minimum atomic E-state index is -0.756. The van der Waals surface area contributed by atoms with Gasteiger partial charge in [0.1, 0.15) is 5.69 Å². The van der Waals surface area contributed by atoms with Gasteiger partial charge in [0.15, 0.2) is 5.75 Å². The van der Waals surface area contributed by atoms with E-state index in [1.807, 2.05) is 0 Å². The molecular formula is C7H9N3O3. The largest absolute Gasteiger partial charge is 0.502 e. The molecule has 6 nitrogen and oxygen atoms in total. The molecule has 1 aromatic carbocycles. The molecule has 0 aliphatic rings. The zero-order valence-corrected chi connectivity index (χ0v) is 6.94. The van der Waals surface area contributed by atoms with Crippen LogP contribution in [0.2, 0.25) is 0 Å². The summed E-state index contributed by atoms with van der Waals surface area (Å²) in [6.45, 7) is 1.51. The van der Waals surface area contributed by atoms with Gasteiger partial charge in [-0.2, -0.15) is 0 Å². The molecule has 13 heavy (non-hydrogen) atoms. The Kier molecular flexibility index (Phi) is 1.97.